The molecule has 0 aliphatic carbocycles. The van der Waals surface area contributed by atoms with Crippen LogP contribution in [0.15, 0.2) is 88.5 Å². The van der Waals surface area contributed by atoms with Gasteiger partial charge in [-0.2, -0.15) is 0 Å². The molecule has 0 radical (unpaired) electrons. The second kappa shape index (κ2) is 9.88. The highest BCUT2D eigenvalue weighted by molar-refractivity contribution is 8.16. The minimum Gasteiger partial charge on any atom is -0.493 e. The first-order valence-corrected chi connectivity index (χ1v) is 12.3. The molecule has 7 heteroatoms. The Morgan fingerprint density at radius 3 is 2.74 bits per heavy atom. The summed E-state index contributed by atoms with van der Waals surface area (Å²) in [6.45, 7) is 4.36. The highest BCUT2D eigenvalue weighted by Gasteiger charge is 2.37. The van der Waals surface area contributed by atoms with E-state index >= 15 is 0 Å². The van der Waals surface area contributed by atoms with Crippen LogP contribution in [0, 0.1) is 0 Å². The number of thioether (sulfide) groups is 1. The van der Waals surface area contributed by atoms with Gasteiger partial charge in [0.15, 0.2) is 16.7 Å². The normalized spacial score (nSPS) is 16.8. The standard InChI is InChI=1S/C28H26N2O4S/c1-4-33-27(31)25-18(2)29-28-30(14-15-35-28)26(25)20-12-13-23(24(16-20)32-3)34-17-21-10-7-9-19-8-5-6-11-22(19)21/h5-16,26H,4,17H2,1-3H3/t26-/m0/s1. The van der Waals surface area contributed by atoms with E-state index in [4.69, 9.17) is 14.2 Å². The van der Waals surface area contributed by atoms with Gasteiger partial charge in [0.05, 0.1) is 31.0 Å². The number of hydrogen-bond acceptors (Lipinski definition) is 7. The number of rotatable bonds is 7. The van der Waals surface area contributed by atoms with Gasteiger partial charge < -0.3 is 19.1 Å². The Balaban J connectivity index is 1.46. The fraction of sp³-hybridized carbons (Fsp3) is 0.214. The fourth-order valence-corrected chi connectivity index (χ4v) is 5.24. The molecule has 1 atom stereocenters. The number of allylic oxidation sites excluding steroid dienone is 1. The fourth-order valence-electron chi connectivity index (χ4n) is 4.45. The minimum absolute atomic E-state index is 0.299. The quantitative estimate of drug-likeness (QED) is 0.371. The third-order valence-electron chi connectivity index (χ3n) is 6.08. The molecule has 2 aliphatic heterocycles. The first-order valence-electron chi connectivity index (χ1n) is 11.5. The monoisotopic (exact) mass is 486 g/mol. The van der Waals surface area contributed by atoms with Crippen molar-refractivity contribution >= 4 is 33.7 Å². The van der Waals surface area contributed by atoms with Gasteiger partial charge in [-0.15, -0.1) is 0 Å². The molecule has 0 spiro atoms. The Morgan fingerprint density at radius 1 is 1.09 bits per heavy atom. The number of methoxy groups -OCH3 is 1. The van der Waals surface area contributed by atoms with Gasteiger partial charge >= 0.3 is 5.97 Å². The molecule has 0 amide bonds. The average Bonchev–Trinajstić information content (AvgIpc) is 3.34. The van der Waals surface area contributed by atoms with Crippen LogP contribution in [0.3, 0.4) is 0 Å². The van der Waals surface area contributed by atoms with E-state index in [-0.39, 0.29) is 12.0 Å². The molecule has 3 aromatic carbocycles. The van der Waals surface area contributed by atoms with Crippen LogP contribution in [-0.2, 0) is 16.1 Å². The summed E-state index contributed by atoms with van der Waals surface area (Å²) in [7, 11) is 1.62. The van der Waals surface area contributed by atoms with Gasteiger partial charge in [-0.25, -0.2) is 9.79 Å². The molecule has 3 aromatic rings. The van der Waals surface area contributed by atoms with E-state index < -0.39 is 0 Å². The number of benzene rings is 3. The number of carbonyl (C=O) groups excluding carboxylic acids is 1. The Kier molecular flexibility index (Phi) is 6.51. The molecule has 178 valence electrons. The molecule has 0 N–H and O–H groups in total. The predicted molar refractivity (Wildman–Crippen MR) is 139 cm³/mol. The van der Waals surface area contributed by atoms with Crippen molar-refractivity contribution in [2.45, 2.75) is 26.5 Å². The maximum absolute atomic E-state index is 12.9. The molecule has 0 bridgehead atoms. The third-order valence-corrected chi connectivity index (χ3v) is 6.85. The average molecular weight is 487 g/mol. The molecule has 0 saturated carbocycles. The van der Waals surface area contributed by atoms with Gasteiger partial charge in [0.25, 0.3) is 0 Å². The zero-order valence-electron chi connectivity index (χ0n) is 19.9. The summed E-state index contributed by atoms with van der Waals surface area (Å²) in [5, 5.41) is 5.14. The molecule has 35 heavy (non-hydrogen) atoms. The molecule has 0 aromatic heterocycles. The lowest BCUT2D eigenvalue weighted by molar-refractivity contribution is -0.139. The summed E-state index contributed by atoms with van der Waals surface area (Å²) in [6, 6.07) is 19.9. The second-order valence-electron chi connectivity index (χ2n) is 8.16. The number of fused-ring (bicyclic) bond motifs is 2. The molecule has 2 aliphatic rings. The van der Waals surface area contributed by atoms with Gasteiger partial charge in [0, 0.05) is 6.20 Å². The first-order chi connectivity index (χ1) is 17.1. The molecule has 5 rings (SSSR count). The molecule has 6 nitrogen and oxygen atoms in total. The Labute approximate surface area is 208 Å². The summed E-state index contributed by atoms with van der Waals surface area (Å²) in [5.41, 5.74) is 3.17. The lowest BCUT2D eigenvalue weighted by Gasteiger charge is -2.33. The number of carbonyl (C=O) groups is 1. The second-order valence-corrected chi connectivity index (χ2v) is 9.04. The zero-order chi connectivity index (χ0) is 24.4. The number of nitrogens with zero attached hydrogens (tertiary/aromatic N) is 2. The summed E-state index contributed by atoms with van der Waals surface area (Å²) in [5.74, 6) is 0.875. The molecule has 0 unspecified atom stereocenters. The number of aliphatic imine (C=N–C) groups is 1. The van der Waals surface area contributed by atoms with Crippen molar-refractivity contribution < 1.29 is 19.0 Å². The lowest BCUT2D eigenvalue weighted by Crippen LogP contribution is -2.34. The lowest BCUT2D eigenvalue weighted by atomic mass is 9.94. The van der Waals surface area contributed by atoms with Gasteiger partial charge in [-0.05, 0) is 53.3 Å². The van der Waals surface area contributed by atoms with E-state index in [9.17, 15) is 4.79 Å². The van der Waals surface area contributed by atoms with E-state index in [1.807, 2.05) is 59.8 Å². The van der Waals surface area contributed by atoms with Gasteiger partial charge in [-0.3, -0.25) is 0 Å². The number of esters is 1. The first kappa shape index (κ1) is 23.1. The minimum atomic E-state index is -0.367. The van der Waals surface area contributed by atoms with E-state index in [2.05, 4.69) is 29.3 Å². The number of ether oxygens (including phenoxy) is 3. The summed E-state index contributed by atoms with van der Waals surface area (Å²) < 4.78 is 17.3. The van der Waals surface area contributed by atoms with Crippen LogP contribution in [0.2, 0.25) is 0 Å². The zero-order valence-corrected chi connectivity index (χ0v) is 20.7. The molecule has 2 heterocycles. The van der Waals surface area contributed by atoms with Crippen molar-refractivity contribution in [3.05, 3.63) is 94.7 Å². The summed E-state index contributed by atoms with van der Waals surface area (Å²) in [6.07, 6.45) is 1.94. The summed E-state index contributed by atoms with van der Waals surface area (Å²) >= 11 is 1.53. The number of hydrogen-bond donors (Lipinski definition) is 0. The predicted octanol–water partition coefficient (Wildman–Crippen LogP) is 6.20. The van der Waals surface area contributed by atoms with Crippen LogP contribution in [0.5, 0.6) is 11.5 Å². The van der Waals surface area contributed by atoms with Crippen LogP contribution in [0.1, 0.15) is 31.0 Å². The van der Waals surface area contributed by atoms with Crippen LogP contribution >= 0.6 is 11.8 Å². The van der Waals surface area contributed by atoms with Crippen molar-refractivity contribution in [1.82, 2.24) is 4.90 Å². The van der Waals surface area contributed by atoms with E-state index in [0.717, 1.165) is 21.7 Å². The van der Waals surface area contributed by atoms with Crippen molar-refractivity contribution in [2.24, 2.45) is 4.99 Å². The van der Waals surface area contributed by atoms with Gasteiger partial charge in [0.2, 0.25) is 0 Å². The highest BCUT2D eigenvalue weighted by atomic mass is 32.2. The smallest absolute Gasteiger partial charge is 0.338 e. The maximum atomic E-state index is 12.9. The van der Waals surface area contributed by atoms with Crippen LogP contribution in [-0.4, -0.2) is 29.8 Å². The van der Waals surface area contributed by atoms with Gasteiger partial charge in [0.1, 0.15) is 6.61 Å². The highest BCUT2D eigenvalue weighted by Crippen LogP contribution is 2.43. The molecule has 0 fully saturated rings. The SMILES string of the molecule is CCOC(=O)C1=C(C)N=C2SC=CN2[C@H]1c1ccc(OCc2cccc3ccccc23)c(OC)c1. The van der Waals surface area contributed by atoms with Crippen molar-refractivity contribution in [3.63, 3.8) is 0 Å². The van der Waals surface area contributed by atoms with Crippen LogP contribution < -0.4 is 9.47 Å². The van der Waals surface area contributed by atoms with E-state index in [1.54, 1.807) is 14.0 Å². The number of amidine groups is 1. The van der Waals surface area contributed by atoms with Crippen LogP contribution in [0.25, 0.3) is 10.8 Å². The topological polar surface area (TPSA) is 60.4 Å². The molecule has 0 saturated heterocycles. The van der Waals surface area contributed by atoms with Gasteiger partial charge in [-0.1, -0.05) is 60.3 Å². The van der Waals surface area contributed by atoms with Crippen molar-refractivity contribution in [2.75, 3.05) is 13.7 Å². The Morgan fingerprint density at radius 2 is 1.91 bits per heavy atom. The Hall–Kier alpha value is -3.71. The van der Waals surface area contributed by atoms with E-state index in [1.165, 1.54) is 17.1 Å². The summed E-state index contributed by atoms with van der Waals surface area (Å²) in [4.78, 5) is 19.5. The van der Waals surface area contributed by atoms with Crippen molar-refractivity contribution in [1.29, 1.82) is 0 Å². The Bertz CT molecular complexity index is 1370. The largest absolute Gasteiger partial charge is 0.493 e. The molecular weight excluding hydrogens is 460 g/mol. The maximum Gasteiger partial charge on any atom is 0.338 e. The van der Waals surface area contributed by atoms with Crippen LogP contribution in [0.4, 0.5) is 0 Å². The third kappa shape index (κ3) is 4.39. The van der Waals surface area contributed by atoms with E-state index in [0.29, 0.717) is 36.0 Å². The molecular formula is C28H26N2O4S. The van der Waals surface area contributed by atoms with Crippen molar-refractivity contribution in [3.8, 4) is 11.5 Å².